The second kappa shape index (κ2) is 35.1. The lowest BCUT2D eigenvalue weighted by Gasteiger charge is -2.20. The van der Waals surface area contributed by atoms with Crippen molar-refractivity contribution in [3.8, 4) is 0 Å². The molecule has 0 saturated heterocycles. The van der Waals surface area contributed by atoms with Crippen molar-refractivity contribution in [2.24, 2.45) is 5.73 Å². The van der Waals surface area contributed by atoms with Gasteiger partial charge in [0.2, 0.25) is 0 Å². The summed E-state index contributed by atoms with van der Waals surface area (Å²) in [7, 11) is -4.42. The van der Waals surface area contributed by atoms with Crippen molar-refractivity contribution in [2.45, 2.75) is 148 Å². The molecule has 0 aliphatic rings. The van der Waals surface area contributed by atoms with Gasteiger partial charge in [-0.05, 0) is 64.2 Å². The fourth-order valence-corrected chi connectivity index (χ4v) is 5.36. The molecule has 10 nitrogen and oxygen atoms in total. The molecule has 0 aromatic carbocycles. The van der Waals surface area contributed by atoms with Crippen molar-refractivity contribution >= 4 is 19.8 Å². The first-order chi connectivity index (χ1) is 24.2. The maximum absolute atomic E-state index is 12.5. The standard InChI is InChI=1S/C39H68NO9P/c1-3-5-7-9-11-13-15-16-18-19-21-23-25-28-36(41)29-27-31-38(42)46-34-37(35-48-50(44,45)47-33-32-40)49-39(43)30-26-24-22-20-17-14-12-10-8-6-4-2/h10-13,16,18,21,23,25,28,36-37,41H,3-9,14-15,17,19-20,22,24,26-27,29-35,40H2,1-2H3,(H,44,45)/b12-10-,13-11-,18-16-,23-21-,28-25+/t36-,37-/m1/s1. The summed E-state index contributed by atoms with van der Waals surface area (Å²) in [5.41, 5.74) is 5.31. The van der Waals surface area contributed by atoms with Gasteiger partial charge >= 0.3 is 19.8 Å². The zero-order valence-corrected chi connectivity index (χ0v) is 31.9. The molecule has 0 bridgehead atoms. The summed E-state index contributed by atoms with van der Waals surface area (Å²) in [5, 5.41) is 10.2. The summed E-state index contributed by atoms with van der Waals surface area (Å²) in [4.78, 5) is 34.7. The third kappa shape index (κ3) is 34.1. The number of hydrogen-bond acceptors (Lipinski definition) is 9. The van der Waals surface area contributed by atoms with Crippen molar-refractivity contribution in [1.29, 1.82) is 0 Å². The first-order valence-electron chi connectivity index (χ1n) is 18.9. The van der Waals surface area contributed by atoms with Crippen LogP contribution >= 0.6 is 7.82 Å². The Balaban J connectivity index is 4.45. The van der Waals surface area contributed by atoms with Gasteiger partial charge in [-0.25, -0.2) is 4.57 Å². The van der Waals surface area contributed by atoms with Crippen molar-refractivity contribution in [2.75, 3.05) is 26.4 Å². The Kier molecular flexibility index (Phi) is 33.5. The van der Waals surface area contributed by atoms with Gasteiger partial charge < -0.3 is 25.2 Å². The van der Waals surface area contributed by atoms with Gasteiger partial charge in [0.25, 0.3) is 0 Å². The number of rotatable bonds is 34. The zero-order chi connectivity index (χ0) is 37.0. The van der Waals surface area contributed by atoms with E-state index >= 15 is 0 Å². The van der Waals surface area contributed by atoms with Crippen LogP contribution in [0.4, 0.5) is 0 Å². The zero-order valence-electron chi connectivity index (χ0n) is 31.0. The van der Waals surface area contributed by atoms with E-state index in [1.165, 1.54) is 32.1 Å². The first-order valence-corrected chi connectivity index (χ1v) is 20.4. The van der Waals surface area contributed by atoms with E-state index in [-0.39, 0.29) is 32.6 Å². The Morgan fingerprint density at radius 2 is 1.30 bits per heavy atom. The van der Waals surface area contributed by atoms with Gasteiger partial charge in [-0.3, -0.25) is 18.6 Å². The van der Waals surface area contributed by atoms with E-state index in [4.69, 9.17) is 24.3 Å². The van der Waals surface area contributed by atoms with E-state index < -0.39 is 38.6 Å². The van der Waals surface area contributed by atoms with Crippen LogP contribution in [0.15, 0.2) is 60.8 Å². The van der Waals surface area contributed by atoms with Crippen LogP contribution < -0.4 is 5.73 Å². The molecule has 1 unspecified atom stereocenters. The van der Waals surface area contributed by atoms with Crippen LogP contribution in [0.5, 0.6) is 0 Å². The Labute approximate surface area is 302 Å². The van der Waals surface area contributed by atoms with Gasteiger partial charge in [-0.2, -0.15) is 0 Å². The van der Waals surface area contributed by atoms with Crippen LogP contribution in [-0.2, 0) is 32.7 Å². The van der Waals surface area contributed by atoms with Crippen LogP contribution in [0.3, 0.4) is 0 Å². The molecular weight excluding hydrogens is 657 g/mol. The number of unbranched alkanes of at least 4 members (excludes halogenated alkanes) is 10. The average molecular weight is 726 g/mol. The molecule has 0 rings (SSSR count). The SMILES string of the molecule is CCCC/C=C\CCCCCCCC(=O)O[C@H](COC(=O)CCC[C@H](O)/C=C/C=C\C/C=C\C/C=C\CCCCC)COP(=O)(O)OCCN. The minimum atomic E-state index is -4.42. The Morgan fingerprint density at radius 1 is 0.700 bits per heavy atom. The maximum atomic E-state index is 12.5. The van der Waals surface area contributed by atoms with Crippen molar-refractivity contribution in [3.63, 3.8) is 0 Å². The lowest BCUT2D eigenvalue weighted by Crippen LogP contribution is -2.29. The fraction of sp³-hybridized carbons (Fsp3) is 0.692. The van der Waals surface area contributed by atoms with Crippen LogP contribution in [-0.4, -0.2) is 60.5 Å². The number of carbonyl (C=O) groups is 2. The predicted octanol–water partition coefficient (Wildman–Crippen LogP) is 9.13. The van der Waals surface area contributed by atoms with Gasteiger partial charge in [-0.1, -0.05) is 120 Å². The molecule has 0 radical (unpaired) electrons. The molecule has 0 spiro atoms. The van der Waals surface area contributed by atoms with Gasteiger partial charge in [-0.15, -0.1) is 0 Å². The second-order valence-corrected chi connectivity index (χ2v) is 13.7. The Hall–Kier alpha value is -2.33. The van der Waals surface area contributed by atoms with Crippen LogP contribution in [0.1, 0.15) is 136 Å². The minimum Gasteiger partial charge on any atom is -0.462 e. The van der Waals surface area contributed by atoms with Crippen molar-refractivity contribution in [1.82, 2.24) is 0 Å². The lowest BCUT2D eigenvalue weighted by atomic mass is 10.1. The van der Waals surface area contributed by atoms with Gasteiger partial charge in [0.1, 0.15) is 6.61 Å². The monoisotopic (exact) mass is 725 g/mol. The first kappa shape index (κ1) is 47.7. The Bertz CT molecular complexity index is 1030. The molecule has 0 heterocycles. The molecule has 0 aromatic rings. The fourth-order valence-electron chi connectivity index (χ4n) is 4.60. The highest BCUT2D eigenvalue weighted by Crippen LogP contribution is 2.43. The Morgan fingerprint density at radius 3 is 2.02 bits per heavy atom. The third-order valence-electron chi connectivity index (χ3n) is 7.48. The van der Waals surface area contributed by atoms with Crippen molar-refractivity contribution < 1.29 is 42.7 Å². The summed E-state index contributed by atoms with van der Waals surface area (Å²) in [6, 6.07) is 0. The summed E-state index contributed by atoms with van der Waals surface area (Å²) in [6.45, 7) is 3.39. The molecule has 0 aliphatic heterocycles. The number of hydrogen-bond donors (Lipinski definition) is 3. The number of aliphatic hydroxyl groups is 1. The number of phosphoric acid groups is 1. The van der Waals surface area contributed by atoms with E-state index in [2.05, 4.69) is 50.3 Å². The van der Waals surface area contributed by atoms with Gasteiger partial charge in [0.05, 0.1) is 19.3 Å². The topological polar surface area (TPSA) is 155 Å². The van der Waals surface area contributed by atoms with Gasteiger partial charge in [0.15, 0.2) is 6.10 Å². The number of nitrogens with two attached hydrogens (primary N) is 1. The number of aliphatic hydroxyl groups excluding tert-OH is 1. The van der Waals surface area contributed by atoms with E-state index in [1.54, 1.807) is 12.2 Å². The molecule has 11 heteroatoms. The summed E-state index contributed by atoms with van der Waals surface area (Å²) in [6.07, 6.45) is 35.8. The minimum absolute atomic E-state index is 0.0238. The molecule has 3 atom stereocenters. The molecule has 288 valence electrons. The highest BCUT2D eigenvalue weighted by molar-refractivity contribution is 7.47. The van der Waals surface area contributed by atoms with Gasteiger partial charge in [0, 0.05) is 19.4 Å². The molecule has 50 heavy (non-hydrogen) atoms. The van der Waals surface area contributed by atoms with Crippen LogP contribution in [0.25, 0.3) is 0 Å². The maximum Gasteiger partial charge on any atom is 0.472 e. The summed E-state index contributed by atoms with van der Waals surface area (Å²) in [5.74, 6) is -1.05. The lowest BCUT2D eigenvalue weighted by molar-refractivity contribution is -0.161. The van der Waals surface area contributed by atoms with E-state index in [0.29, 0.717) is 19.3 Å². The molecule has 4 N–H and O–H groups in total. The number of phosphoric ester groups is 1. The third-order valence-corrected chi connectivity index (χ3v) is 8.46. The quantitative estimate of drug-likeness (QED) is 0.0192. The van der Waals surface area contributed by atoms with Crippen LogP contribution in [0.2, 0.25) is 0 Å². The molecule has 0 saturated carbocycles. The predicted molar refractivity (Wildman–Crippen MR) is 202 cm³/mol. The summed E-state index contributed by atoms with van der Waals surface area (Å²) >= 11 is 0. The highest BCUT2D eigenvalue weighted by atomic mass is 31.2. The molecule has 0 aliphatic carbocycles. The summed E-state index contributed by atoms with van der Waals surface area (Å²) < 4.78 is 32.4. The van der Waals surface area contributed by atoms with E-state index in [0.717, 1.165) is 57.8 Å². The number of esters is 2. The second-order valence-electron chi connectivity index (χ2n) is 12.3. The average Bonchev–Trinajstić information content (AvgIpc) is 3.09. The van der Waals surface area contributed by atoms with Crippen LogP contribution in [0, 0.1) is 0 Å². The number of ether oxygens (including phenoxy) is 2. The molecular formula is C39H68NO9P. The van der Waals surface area contributed by atoms with Crippen molar-refractivity contribution in [3.05, 3.63) is 60.8 Å². The number of allylic oxidation sites excluding steroid dienone is 9. The van der Waals surface area contributed by atoms with E-state index in [9.17, 15) is 24.2 Å². The highest BCUT2D eigenvalue weighted by Gasteiger charge is 2.26. The normalized spacial score (nSPS) is 14.7. The molecule has 0 aromatic heterocycles. The van der Waals surface area contributed by atoms with E-state index in [1.807, 2.05) is 12.2 Å². The largest absolute Gasteiger partial charge is 0.472 e. The number of carbonyl (C=O) groups excluding carboxylic acids is 2. The smallest absolute Gasteiger partial charge is 0.462 e. The molecule has 0 amide bonds. The molecule has 0 fully saturated rings.